The van der Waals surface area contributed by atoms with Gasteiger partial charge in [0, 0.05) is 46.9 Å². The van der Waals surface area contributed by atoms with Gasteiger partial charge in [0.1, 0.15) is 22.1 Å². The number of sulfonamides is 1. The Bertz CT molecular complexity index is 1610. The largest absolute Gasteiger partial charge is 0.480 e. The van der Waals surface area contributed by atoms with Gasteiger partial charge < -0.3 is 4.74 Å². The highest BCUT2D eigenvalue weighted by atomic mass is 32.2. The Balaban J connectivity index is 1.57. The molecule has 0 aliphatic rings. The van der Waals surface area contributed by atoms with E-state index in [1.54, 1.807) is 24.7 Å². The molecule has 4 aromatic heterocycles. The average Bonchev–Trinajstić information content (AvgIpc) is 3.28. The SMILES string of the molecule is COc1ncc(-c2cnc3[nH]nc(-c4ccncc4)c3c2)cc1NS(=O)(=O)c1ccccc1F. The van der Waals surface area contributed by atoms with E-state index in [0.29, 0.717) is 22.5 Å². The number of rotatable bonds is 6. The predicted octanol–water partition coefficient (Wildman–Crippen LogP) is 4.03. The molecule has 170 valence electrons. The summed E-state index contributed by atoms with van der Waals surface area (Å²) in [7, 11) is -2.86. The lowest BCUT2D eigenvalue weighted by atomic mass is 10.1. The molecular formula is C23H17FN6O3S. The number of aromatic amines is 1. The summed E-state index contributed by atoms with van der Waals surface area (Å²) in [6.45, 7) is 0. The Kier molecular flexibility index (Phi) is 5.38. The monoisotopic (exact) mass is 476 g/mol. The number of H-pyrrole nitrogens is 1. The fourth-order valence-electron chi connectivity index (χ4n) is 3.50. The summed E-state index contributed by atoms with van der Waals surface area (Å²) in [5, 5.41) is 8.03. The molecular weight excluding hydrogens is 459 g/mol. The van der Waals surface area contributed by atoms with Crippen LogP contribution in [0.2, 0.25) is 0 Å². The number of fused-ring (bicyclic) bond motifs is 1. The molecule has 5 aromatic rings. The Morgan fingerprint density at radius 3 is 2.47 bits per heavy atom. The molecule has 0 spiro atoms. The third-order valence-electron chi connectivity index (χ3n) is 5.12. The Hall–Kier alpha value is -4.38. The van der Waals surface area contributed by atoms with Gasteiger partial charge in [0.05, 0.1) is 7.11 Å². The van der Waals surface area contributed by atoms with Crippen LogP contribution in [-0.4, -0.2) is 40.7 Å². The third-order valence-corrected chi connectivity index (χ3v) is 6.52. The number of methoxy groups -OCH3 is 1. The summed E-state index contributed by atoms with van der Waals surface area (Å²) >= 11 is 0. The van der Waals surface area contributed by atoms with E-state index in [0.717, 1.165) is 17.0 Å². The predicted molar refractivity (Wildman–Crippen MR) is 124 cm³/mol. The zero-order chi connectivity index (χ0) is 23.7. The maximum Gasteiger partial charge on any atom is 0.264 e. The van der Waals surface area contributed by atoms with Gasteiger partial charge in [0.2, 0.25) is 5.88 Å². The fourth-order valence-corrected chi connectivity index (χ4v) is 4.63. The van der Waals surface area contributed by atoms with E-state index in [4.69, 9.17) is 4.74 Å². The number of hydrogen-bond donors (Lipinski definition) is 2. The molecule has 34 heavy (non-hydrogen) atoms. The zero-order valence-corrected chi connectivity index (χ0v) is 18.5. The van der Waals surface area contributed by atoms with E-state index in [2.05, 4.69) is 29.9 Å². The fraction of sp³-hybridized carbons (Fsp3) is 0.0435. The average molecular weight is 476 g/mol. The van der Waals surface area contributed by atoms with Crippen LogP contribution < -0.4 is 9.46 Å². The van der Waals surface area contributed by atoms with Gasteiger partial charge in [-0.1, -0.05) is 12.1 Å². The number of nitrogens with zero attached hydrogens (tertiary/aromatic N) is 4. The molecule has 2 N–H and O–H groups in total. The molecule has 0 atom stereocenters. The molecule has 11 heteroatoms. The first-order valence-corrected chi connectivity index (χ1v) is 11.5. The van der Waals surface area contributed by atoms with Crippen molar-refractivity contribution in [2.45, 2.75) is 4.90 Å². The van der Waals surface area contributed by atoms with E-state index >= 15 is 0 Å². The molecule has 0 bridgehead atoms. The van der Waals surface area contributed by atoms with E-state index in [9.17, 15) is 12.8 Å². The highest BCUT2D eigenvalue weighted by Crippen LogP contribution is 2.33. The second kappa shape index (κ2) is 8.52. The van der Waals surface area contributed by atoms with Gasteiger partial charge in [-0.05, 0) is 36.4 Å². The van der Waals surface area contributed by atoms with Crippen molar-refractivity contribution >= 4 is 26.7 Å². The van der Waals surface area contributed by atoms with Crippen LogP contribution in [0.1, 0.15) is 0 Å². The van der Waals surface area contributed by atoms with Gasteiger partial charge in [-0.2, -0.15) is 5.10 Å². The van der Waals surface area contributed by atoms with Crippen molar-refractivity contribution in [3.8, 4) is 28.3 Å². The molecule has 0 saturated carbocycles. The van der Waals surface area contributed by atoms with Crippen LogP contribution in [0, 0.1) is 5.82 Å². The quantitative estimate of drug-likeness (QED) is 0.379. The van der Waals surface area contributed by atoms with Crippen molar-refractivity contribution in [3.05, 3.63) is 79.1 Å². The first kappa shape index (κ1) is 21.5. The van der Waals surface area contributed by atoms with E-state index < -0.39 is 20.7 Å². The summed E-state index contributed by atoms with van der Waals surface area (Å²) in [6.07, 6.45) is 6.51. The first-order chi connectivity index (χ1) is 16.5. The van der Waals surface area contributed by atoms with Crippen LogP contribution in [0.3, 0.4) is 0 Å². The van der Waals surface area contributed by atoms with Crippen LogP contribution in [0.25, 0.3) is 33.4 Å². The van der Waals surface area contributed by atoms with Gasteiger partial charge in [0.15, 0.2) is 5.65 Å². The number of benzene rings is 1. The lowest BCUT2D eigenvalue weighted by Gasteiger charge is -2.13. The second-order valence-corrected chi connectivity index (χ2v) is 8.90. The first-order valence-electron chi connectivity index (χ1n) is 10.0. The van der Waals surface area contributed by atoms with Crippen molar-refractivity contribution in [1.82, 2.24) is 25.1 Å². The topological polar surface area (TPSA) is 123 Å². The van der Waals surface area contributed by atoms with Crippen LogP contribution in [0.5, 0.6) is 5.88 Å². The Morgan fingerprint density at radius 1 is 0.971 bits per heavy atom. The van der Waals surface area contributed by atoms with E-state index in [-0.39, 0.29) is 11.6 Å². The molecule has 1 aromatic carbocycles. The number of pyridine rings is 3. The molecule has 0 amide bonds. The second-order valence-electron chi connectivity index (χ2n) is 7.25. The van der Waals surface area contributed by atoms with Crippen LogP contribution >= 0.6 is 0 Å². The summed E-state index contributed by atoms with van der Waals surface area (Å²) in [4.78, 5) is 12.2. The van der Waals surface area contributed by atoms with Crippen molar-refractivity contribution in [2.24, 2.45) is 0 Å². The molecule has 0 fully saturated rings. The minimum absolute atomic E-state index is 0.0403. The molecule has 5 rings (SSSR count). The molecule has 0 saturated heterocycles. The van der Waals surface area contributed by atoms with Crippen molar-refractivity contribution in [1.29, 1.82) is 0 Å². The van der Waals surface area contributed by atoms with Crippen LogP contribution in [-0.2, 0) is 10.0 Å². The highest BCUT2D eigenvalue weighted by Gasteiger charge is 2.21. The molecule has 0 radical (unpaired) electrons. The molecule has 0 unspecified atom stereocenters. The molecule has 4 heterocycles. The summed E-state index contributed by atoms with van der Waals surface area (Å²) < 4.78 is 47.3. The van der Waals surface area contributed by atoms with E-state index in [1.165, 1.54) is 31.5 Å². The van der Waals surface area contributed by atoms with Crippen LogP contribution in [0.4, 0.5) is 10.1 Å². The van der Waals surface area contributed by atoms with Gasteiger partial charge >= 0.3 is 0 Å². The number of hydrogen-bond acceptors (Lipinski definition) is 7. The van der Waals surface area contributed by atoms with Crippen LogP contribution in [0.15, 0.2) is 78.2 Å². The van der Waals surface area contributed by atoms with Gasteiger partial charge in [0.25, 0.3) is 10.0 Å². The Labute approximate surface area is 193 Å². The minimum atomic E-state index is -4.23. The van der Waals surface area contributed by atoms with Gasteiger partial charge in [-0.15, -0.1) is 0 Å². The number of halogens is 1. The molecule has 9 nitrogen and oxygen atoms in total. The Morgan fingerprint density at radius 2 is 1.71 bits per heavy atom. The normalized spacial score (nSPS) is 11.5. The lowest BCUT2D eigenvalue weighted by Crippen LogP contribution is -2.15. The minimum Gasteiger partial charge on any atom is -0.480 e. The van der Waals surface area contributed by atoms with Crippen molar-refractivity contribution in [3.63, 3.8) is 0 Å². The summed E-state index contributed by atoms with van der Waals surface area (Å²) in [5.41, 5.74) is 3.47. The smallest absolute Gasteiger partial charge is 0.264 e. The lowest BCUT2D eigenvalue weighted by molar-refractivity contribution is 0.400. The van der Waals surface area contributed by atoms with Crippen molar-refractivity contribution in [2.75, 3.05) is 11.8 Å². The zero-order valence-electron chi connectivity index (χ0n) is 17.7. The molecule has 0 aliphatic carbocycles. The number of nitrogens with one attached hydrogen (secondary N) is 2. The summed E-state index contributed by atoms with van der Waals surface area (Å²) in [6, 6.07) is 12.2. The summed E-state index contributed by atoms with van der Waals surface area (Å²) in [5.74, 6) is -0.824. The maximum atomic E-state index is 14.1. The number of ether oxygens (including phenoxy) is 1. The van der Waals surface area contributed by atoms with Gasteiger partial charge in [-0.25, -0.2) is 22.8 Å². The third kappa shape index (κ3) is 3.92. The number of anilines is 1. The van der Waals surface area contributed by atoms with E-state index in [1.807, 2.05) is 18.2 Å². The highest BCUT2D eigenvalue weighted by molar-refractivity contribution is 7.92. The maximum absolute atomic E-state index is 14.1. The standard InChI is InChI=1S/C23H17FN6O3S/c1-33-23-19(30-34(31,32)20-5-3-2-4-18(20)24)11-16(13-27-23)15-10-17-21(14-6-8-25-9-7-14)28-29-22(17)26-12-15/h2-13,30H,1H3,(H,26,28,29). The van der Waals surface area contributed by atoms with Gasteiger partial charge in [-0.3, -0.25) is 14.8 Å². The molecule has 0 aliphatic heterocycles. The van der Waals surface area contributed by atoms with Crippen molar-refractivity contribution < 1.29 is 17.5 Å². The number of aromatic nitrogens is 5.